The first kappa shape index (κ1) is 7.88. The first-order chi connectivity index (χ1) is 3.66. The molecule has 2 atom stereocenters. The van der Waals surface area contributed by atoms with Gasteiger partial charge in [0.1, 0.15) is 6.23 Å². The molecule has 3 nitrogen and oxygen atoms in total. The third-order valence-corrected chi connectivity index (χ3v) is 0.704. The first-order valence-corrected chi connectivity index (χ1v) is 2.68. The van der Waals surface area contributed by atoms with Crippen LogP contribution in [0.1, 0.15) is 13.8 Å². The maximum Gasteiger partial charge on any atom is 0.103 e. The van der Waals surface area contributed by atoms with Gasteiger partial charge in [-0.1, -0.05) is 0 Å². The minimum Gasteiger partial charge on any atom is -0.394 e. The molecule has 0 saturated heterocycles. The van der Waals surface area contributed by atoms with E-state index < -0.39 is 0 Å². The Bertz CT molecular complexity index is 56.4. The van der Waals surface area contributed by atoms with Crippen molar-refractivity contribution < 1.29 is 9.84 Å². The van der Waals surface area contributed by atoms with E-state index in [1.54, 1.807) is 13.8 Å². The van der Waals surface area contributed by atoms with Crippen LogP contribution in [0.5, 0.6) is 0 Å². The van der Waals surface area contributed by atoms with E-state index in [9.17, 15) is 0 Å². The molecule has 0 radical (unpaired) electrons. The Morgan fingerprint density at radius 2 is 2.12 bits per heavy atom. The number of aliphatic hydroxyl groups is 1. The highest BCUT2D eigenvalue weighted by Crippen LogP contribution is 1.89. The molecule has 0 unspecified atom stereocenters. The fraction of sp³-hybridized carbons (Fsp3) is 1.00. The fourth-order valence-corrected chi connectivity index (χ4v) is 0.409. The summed E-state index contributed by atoms with van der Waals surface area (Å²) in [4.78, 5) is 0. The molecule has 0 bridgehead atoms. The van der Waals surface area contributed by atoms with E-state index in [2.05, 4.69) is 0 Å². The van der Waals surface area contributed by atoms with E-state index in [0.29, 0.717) is 0 Å². The normalized spacial score (nSPS) is 18.0. The second-order valence-electron chi connectivity index (χ2n) is 1.83. The molecule has 0 fully saturated rings. The van der Waals surface area contributed by atoms with Gasteiger partial charge in [-0.3, -0.25) is 0 Å². The topological polar surface area (TPSA) is 55.5 Å². The molecule has 50 valence electrons. The van der Waals surface area contributed by atoms with Crippen LogP contribution in [-0.4, -0.2) is 24.0 Å². The van der Waals surface area contributed by atoms with Crippen LogP contribution >= 0.6 is 0 Å². The zero-order chi connectivity index (χ0) is 6.57. The lowest BCUT2D eigenvalue weighted by atomic mass is 10.4. The molecule has 0 saturated carbocycles. The first-order valence-electron chi connectivity index (χ1n) is 2.68. The quantitative estimate of drug-likeness (QED) is 0.501. The number of rotatable bonds is 3. The summed E-state index contributed by atoms with van der Waals surface area (Å²) in [6, 6.07) is 0. The second kappa shape index (κ2) is 3.83. The van der Waals surface area contributed by atoms with Gasteiger partial charge in [-0.25, -0.2) is 0 Å². The molecule has 3 heteroatoms. The maximum absolute atomic E-state index is 8.40. The average Bonchev–Trinajstić information content (AvgIpc) is 1.65. The molecule has 0 aliphatic rings. The summed E-state index contributed by atoms with van der Waals surface area (Å²) in [7, 11) is 0. The largest absolute Gasteiger partial charge is 0.394 e. The zero-order valence-corrected chi connectivity index (χ0v) is 5.29. The Labute approximate surface area is 49.4 Å². The van der Waals surface area contributed by atoms with Crippen molar-refractivity contribution in [3.05, 3.63) is 0 Å². The summed E-state index contributed by atoms with van der Waals surface area (Å²) in [6.07, 6.45) is -0.424. The van der Waals surface area contributed by atoms with E-state index >= 15 is 0 Å². The van der Waals surface area contributed by atoms with Crippen molar-refractivity contribution in [3.8, 4) is 0 Å². The van der Waals surface area contributed by atoms with E-state index in [0.717, 1.165) is 0 Å². The third-order valence-electron chi connectivity index (χ3n) is 0.704. The SMILES string of the molecule is C[C@H](N)O[C@@H](C)CO. The van der Waals surface area contributed by atoms with Crippen LogP contribution in [0.2, 0.25) is 0 Å². The summed E-state index contributed by atoms with van der Waals surface area (Å²) >= 11 is 0. The van der Waals surface area contributed by atoms with Crippen molar-refractivity contribution in [1.29, 1.82) is 0 Å². The highest BCUT2D eigenvalue weighted by atomic mass is 16.5. The van der Waals surface area contributed by atoms with Gasteiger partial charge < -0.3 is 15.6 Å². The van der Waals surface area contributed by atoms with E-state index in [-0.39, 0.29) is 18.9 Å². The van der Waals surface area contributed by atoms with Crippen molar-refractivity contribution >= 4 is 0 Å². The van der Waals surface area contributed by atoms with Gasteiger partial charge in [0.2, 0.25) is 0 Å². The van der Waals surface area contributed by atoms with Crippen molar-refractivity contribution in [2.75, 3.05) is 6.61 Å². The van der Waals surface area contributed by atoms with Gasteiger partial charge in [-0.05, 0) is 13.8 Å². The molecule has 0 aromatic rings. The van der Waals surface area contributed by atoms with Crippen molar-refractivity contribution in [2.45, 2.75) is 26.2 Å². The summed E-state index contributed by atoms with van der Waals surface area (Å²) in [5, 5.41) is 8.40. The highest BCUT2D eigenvalue weighted by molar-refractivity contribution is 4.45. The Morgan fingerprint density at radius 3 is 2.25 bits per heavy atom. The van der Waals surface area contributed by atoms with Crippen molar-refractivity contribution in [3.63, 3.8) is 0 Å². The fourth-order valence-electron chi connectivity index (χ4n) is 0.409. The lowest BCUT2D eigenvalue weighted by molar-refractivity contribution is -0.0175. The molecule has 0 aromatic carbocycles. The molecule has 0 aliphatic carbocycles. The van der Waals surface area contributed by atoms with Gasteiger partial charge in [0.25, 0.3) is 0 Å². The van der Waals surface area contributed by atoms with Crippen LogP contribution in [0.3, 0.4) is 0 Å². The van der Waals surface area contributed by atoms with Crippen molar-refractivity contribution in [1.82, 2.24) is 0 Å². The summed E-state index contributed by atoms with van der Waals surface area (Å²) in [5.74, 6) is 0. The lowest BCUT2D eigenvalue weighted by Gasteiger charge is -2.11. The zero-order valence-electron chi connectivity index (χ0n) is 5.29. The van der Waals surface area contributed by atoms with Gasteiger partial charge in [0.05, 0.1) is 12.7 Å². The molecular weight excluding hydrogens is 106 g/mol. The van der Waals surface area contributed by atoms with Crippen LogP contribution in [-0.2, 0) is 4.74 Å². The van der Waals surface area contributed by atoms with Crippen LogP contribution in [0.25, 0.3) is 0 Å². The Morgan fingerprint density at radius 1 is 1.62 bits per heavy atom. The van der Waals surface area contributed by atoms with Gasteiger partial charge in [-0.2, -0.15) is 0 Å². The minimum atomic E-state index is -0.280. The predicted molar refractivity (Wildman–Crippen MR) is 31.3 cm³/mol. The maximum atomic E-state index is 8.40. The minimum absolute atomic E-state index is 0.0293. The molecule has 0 spiro atoms. The molecule has 0 heterocycles. The van der Waals surface area contributed by atoms with Gasteiger partial charge in [0.15, 0.2) is 0 Å². The number of hydrogen-bond acceptors (Lipinski definition) is 3. The molecule has 0 aliphatic heterocycles. The van der Waals surface area contributed by atoms with Gasteiger partial charge in [0, 0.05) is 0 Å². The molecule has 8 heavy (non-hydrogen) atoms. The van der Waals surface area contributed by atoms with Gasteiger partial charge in [-0.15, -0.1) is 0 Å². The summed E-state index contributed by atoms with van der Waals surface area (Å²) < 4.78 is 4.93. The van der Waals surface area contributed by atoms with Crippen LogP contribution in [0.15, 0.2) is 0 Å². The van der Waals surface area contributed by atoms with Gasteiger partial charge >= 0.3 is 0 Å². The predicted octanol–water partition coefficient (Wildman–Crippen LogP) is -0.312. The second-order valence-corrected chi connectivity index (χ2v) is 1.83. The number of aliphatic hydroxyl groups excluding tert-OH is 1. The van der Waals surface area contributed by atoms with E-state index in [1.807, 2.05) is 0 Å². The lowest BCUT2D eigenvalue weighted by Crippen LogP contribution is -2.26. The monoisotopic (exact) mass is 119 g/mol. The molecular formula is C5H13NO2. The van der Waals surface area contributed by atoms with Crippen molar-refractivity contribution in [2.24, 2.45) is 5.73 Å². The molecule has 0 aromatic heterocycles. The third kappa shape index (κ3) is 4.05. The van der Waals surface area contributed by atoms with Crippen LogP contribution < -0.4 is 5.73 Å². The van der Waals surface area contributed by atoms with E-state index in [4.69, 9.17) is 15.6 Å². The van der Waals surface area contributed by atoms with E-state index in [1.165, 1.54) is 0 Å². The Hall–Kier alpha value is -0.120. The van der Waals surface area contributed by atoms with Crippen LogP contribution in [0, 0.1) is 0 Å². The average molecular weight is 119 g/mol. The number of ether oxygens (including phenoxy) is 1. The summed E-state index contributed by atoms with van der Waals surface area (Å²) in [5.41, 5.74) is 5.24. The Balaban J connectivity index is 3.10. The molecule has 3 N–H and O–H groups in total. The molecule has 0 amide bonds. The highest BCUT2D eigenvalue weighted by Gasteiger charge is 2.00. The number of hydrogen-bond donors (Lipinski definition) is 2. The Kier molecular flexibility index (Phi) is 3.77. The standard InChI is InChI=1S/C5H13NO2/c1-4(3-7)8-5(2)6/h4-5,7H,3,6H2,1-2H3/t4-,5+/m0/s1. The smallest absolute Gasteiger partial charge is 0.103 e. The summed E-state index contributed by atoms with van der Waals surface area (Å²) in [6.45, 7) is 3.52. The number of nitrogens with two attached hydrogens (primary N) is 1. The molecule has 0 rings (SSSR count). The van der Waals surface area contributed by atoms with Crippen LogP contribution in [0.4, 0.5) is 0 Å².